The molecule has 0 unspecified atom stereocenters. The van der Waals surface area contributed by atoms with Crippen molar-refractivity contribution < 1.29 is 27.5 Å². The summed E-state index contributed by atoms with van der Waals surface area (Å²) in [4.78, 5) is 32.3. The van der Waals surface area contributed by atoms with Crippen LogP contribution in [-0.2, 0) is 10.9 Å². The van der Waals surface area contributed by atoms with E-state index in [1.165, 1.54) is 6.20 Å². The first-order valence-corrected chi connectivity index (χ1v) is 9.39. The van der Waals surface area contributed by atoms with Crippen LogP contribution in [0.2, 0.25) is 0 Å². The summed E-state index contributed by atoms with van der Waals surface area (Å²) in [5, 5.41) is 4.78. The van der Waals surface area contributed by atoms with Crippen LogP contribution in [0.4, 0.5) is 35.0 Å². The zero-order chi connectivity index (χ0) is 24.0. The highest BCUT2D eigenvalue weighted by Crippen LogP contribution is 2.32. The van der Waals surface area contributed by atoms with Gasteiger partial charge in [-0.05, 0) is 42.5 Å². The number of amidine groups is 1. The fourth-order valence-electron chi connectivity index (χ4n) is 2.77. The molecule has 1 heterocycles. The van der Waals surface area contributed by atoms with Crippen molar-refractivity contribution in [2.24, 2.45) is 10.7 Å². The van der Waals surface area contributed by atoms with Crippen LogP contribution in [0.15, 0.2) is 72.0 Å². The second-order valence-corrected chi connectivity index (χ2v) is 6.66. The lowest BCUT2D eigenvalue weighted by molar-refractivity contribution is -0.137. The number of nitrogens with zero attached hydrogens (tertiary/aromatic N) is 2. The van der Waals surface area contributed by atoms with Crippen LogP contribution in [0, 0.1) is 0 Å². The van der Waals surface area contributed by atoms with E-state index >= 15 is 0 Å². The van der Waals surface area contributed by atoms with Gasteiger partial charge in [0.25, 0.3) is 0 Å². The highest BCUT2D eigenvalue weighted by atomic mass is 19.4. The first-order chi connectivity index (χ1) is 15.7. The van der Waals surface area contributed by atoms with E-state index in [-0.39, 0.29) is 17.1 Å². The standard InChI is InChI=1S/C22H18F3N5O3/c1-33-20(31)14-8-15(22(23,24)25)11-18(10-14)30-21(32)29-16-5-2-4-13(9-16)19(26)28-17-6-3-7-27-12-17/h2-12H,1H3,(H2,26,28)(H2,29,30,32). The number of urea groups is 1. The second-order valence-electron chi connectivity index (χ2n) is 6.66. The van der Waals surface area contributed by atoms with E-state index < -0.39 is 23.7 Å². The van der Waals surface area contributed by atoms with Crippen molar-refractivity contribution in [3.8, 4) is 0 Å². The number of carbonyl (C=O) groups excluding carboxylic acids is 2. The number of ether oxygens (including phenoxy) is 1. The van der Waals surface area contributed by atoms with Crippen LogP contribution in [-0.4, -0.2) is 29.9 Å². The molecule has 0 bridgehead atoms. The van der Waals surface area contributed by atoms with Gasteiger partial charge in [0.1, 0.15) is 5.84 Å². The van der Waals surface area contributed by atoms with Crippen LogP contribution in [0.1, 0.15) is 21.5 Å². The molecule has 0 fully saturated rings. The Balaban J connectivity index is 1.78. The highest BCUT2D eigenvalue weighted by Gasteiger charge is 2.32. The van der Waals surface area contributed by atoms with Crippen LogP contribution in [0.25, 0.3) is 0 Å². The molecule has 170 valence electrons. The summed E-state index contributed by atoms with van der Waals surface area (Å²) in [5.74, 6) is -0.798. The summed E-state index contributed by atoms with van der Waals surface area (Å²) in [6.07, 6.45) is -1.60. The topological polar surface area (TPSA) is 119 Å². The summed E-state index contributed by atoms with van der Waals surface area (Å²) < 4.78 is 44.0. The fourth-order valence-corrected chi connectivity index (χ4v) is 2.77. The second kappa shape index (κ2) is 9.81. The number of aromatic nitrogens is 1. The molecule has 11 heteroatoms. The van der Waals surface area contributed by atoms with Crippen LogP contribution >= 0.6 is 0 Å². The number of carbonyl (C=O) groups is 2. The number of alkyl halides is 3. The van der Waals surface area contributed by atoms with Gasteiger partial charge in [0, 0.05) is 23.1 Å². The zero-order valence-corrected chi connectivity index (χ0v) is 17.2. The first-order valence-electron chi connectivity index (χ1n) is 9.39. The van der Waals surface area contributed by atoms with Crippen molar-refractivity contribution in [1.82, 2.24) is 4.98 Å². The zero-order valence-electron chi connectivity index (χ0n) is 17.2. The van der Waals surface area contributed by atoms with Gasteiger partial charge in [-0.15, -0.1) is 0 Å². The number of benzene rings is 2. The smallest absolute Gasteiger partial charge is 0.416 e. The molecule has 0 saturated carbocycles. The van der Waals surface area contributed by atoms with Gasteiger partial charge in [0.05, 0.1) is 30.1 Å². The molecule has 0 aliphatic rings. The van der Waals surface area contributed by atoms with Gasteiger partial charge in [-0.3, -0.25) is 4.98 Å². The molecule has 33 heavy (non-hydrogen) atoms. The van der Waals surface area contributed by atoms with Crippen molar-refractivity contribution in [3.63, 3.8) is 0 Å². The Hall–Kier alpha value is -4.41. The molecular weight excluding hydrogens is 439 g/mol. The van der Waals surface area contributed by atoms with Gasteiger partial charge >= 0.3 is 18.2 Å². The SMILES string of the molecule is COC(=O)c1cc(NC(=O)Nc2cccc(C(N)=Nc3cccnc3)c2)cc(C(F)(F)F)c1. The third-order valence-electron chi connectivity index (χ3n) is 4.25. The Morgan fingerprint density at radius 3 is 2.39 bits per heavy atom. The molecule has 3 rings (SSSR count). The third-order valence-corrected chi connectivity index (χ3v) is 4.25. The molecule has 0 aliphatic heterocycles. The molecule has 4 N–H and O–H groups in total. The van der Waals surface area contributed by atoms with E-state index in [2.05, 4.69) is 25.3 Å². The fraction of sp³-hybridized carbons (Fsp3) is 0.0909. The Morgan fingerprint density at radius 2 is 1.73 bits per heavy atom. The molecule has 8 nitrogen and oxygen atoms in total. The number of amides is 2. The normalized spacial score (nSPS) is 11.6. The maximum Gasteiger partial charge on any atom is 0.416 e. The largest absolute Gasteiger partial charge is 0.465 e. The molecule has 0 aliphatic carbocycles. The Kier molecular flexibility index (Phi) is 6.91. The summed E-state index contributed by atoms with van der Waals surface area (Å²) in [6, 6.07) is 11.4. The highest BCUT2D eigenvalue weighted by molar-refractivity contribution is 6.03. The van der Waals surface area contributed by atoms with Gasteiger partial charge in [0.2, 0.25) is 0 Å². The van der Waals surface area contributed by atoms with Crippen LogP contribution < -0.4 is 16.4 Å². The van der Waals surface area contributed by atoms with E-state index in [9.17, 15) is 22.8 Å². The van der Waals surface area contributed by atoms with Crippen molar-refractivity contribution in [1.29, 1.82) is 0 Å². The van der Waals surface area contributed by atoms with Gasteiger partial charge in [-0.1, -0.05) is 12.1 Å². The van der Waals surface area contributed by atoms with E-state index in [1.807, 2.05) is 0 Å². The lowest BCUT2D eigenvalue weighted by Gasteiger charge is -2.13. The molecular formula is C22H18F3N5O3. The maximum absolute atomic E-state index is 13.2. The Labute approximate surface area is 186 Å². The minimum absolute atomic E-state index is 0.174. The number of pyridine rings is 1. The lowest BCUT2D eigenvalue weighted by atomic mass is 10.1. The van der Waals surface area contributed by atoms with E-state index in [1.54, 1.807) is 42.6 Å². The summed E-state index contributed by atoms with van der Waals surface area (Å²) in [5.41, 5.74) is 5.66. The summed E-state index contributed by atoms with van der Waals surface area (Å²) >= 11 is 0. The predicted octanol–water partition coefficient (Wildman–Crippen LogP) is 4.57. The van der Waals surface area contributed by atoms with Crippen molar-refractivity contribution in [2.75, 3.05) is 17.7 Å². The third kappa shape index (κ3) is 6.29. The number of esters is 1. The quantitative estimate of drug-likeness (QED) is 0.295. The number of rotatable bonds is 5. The number of hydrogen-bond donors (Lipinski definition) is 3. The summed E-state index contributed by atoms with van der Waals surface area (Å²) in [7, 11) is 1.04. The molecule has 2 amide bonds. The first kappa shape index (κ1) is 23.3. The minimum atomic E-state index is -4.73. The molecule has 0 saturated heterocycles. The number of methoxy groups -OCH3 is 1. The number of nitrogens with two attached hydrogens (primary N) is 1. The van der Waals surface area contributed by atoms with Crippen LogP contribution in [0.3, 0.4) is 0 Å². The van der Waals surface area contributed by atoms with Gasteiger partial charge in [-0.25, -0.2) is 14.6 Å². The lowest BCUT2D eigenvalue weighted by Crippen LogP contribution is -2.21. The predicted molar refractivity (Wildman–Crippen MR) is 116 cm³/mol. The van der Waals surface area contributed by atoms with Gasteiger partial charge < -0.3 is 21.1 Å². The molecule has 3 aromatic rings. The monoisotopic (exact) mass is 457 g/mol. The van der Waals surface area contributed by atoms with Gasteiger partial charge in [0.15, 0.2) is 0 Å². The Bertz CT molecular complexity index is 1200. The van der Waals surface area contributed by atoms with E-state index in [4.69, 9.17) is 5.73 Å². The van der Waals surface area contributed by atoms with E-state index in [0.717, 1.165) is 13.2 Å². The number of halogens is 3. The summed E-state index contributed by atoms with van der Waals surface area (Å²) in [6.45, 7) is 0. The van der Waals surface area contributed by atoms with Crippen LogP contribution in [0.5, 0.6) is 0 Å². The molecule has 0 atom stereocenters. The van der Waals surface area contributed by atoms with Crippen molar-refractivity contribution in [3.05, 3.63) is 83.7 Å². The minimum Gasteiger partial charge on any atom is -0.465 e. The van der Waals surface area contributed by atoms with Crippen molar-refractivity contribution in [2.45, 2.75) is 6.18 Å². The average Bonchev–Trinajstić information content (AvgIpc) is 2.78. The number of hydrogen-bond acceptors (Lipinski definition) is 5. The number of aliphatic imine (C=N–C) groups is 1. The number of nitrogens with one attached hydrogen (secondary N) is 2. The van der Waals surface area contributed by atoms with E-state index in [0.29, 0.717) is 29.1 Å². The molecule has 2 aromatic carbocycles. The molecule has 0 spiro atoms. The van der Waals surface area contributed by atoms with Gasteiger partial charge in [-0.2, -0.15) is 13.2 Å². The van der Waals surface area contributed by atoms with Crippen molar-refractivity contribution >= 4 is 34.9 Å². The number of anilines is 2. The maximum atomic E-state index is 13.2. The Morgan fingerprint density at radius 1 is 1.00 bits per heavy atom. The molecule has 0 radical (unpaired) electrons. The molecule has 1 aromatic heterocycles. The average molecular weight is 457 g/mol.